The molecule has 2 aromatic carbocycles. The largest absolute Gasteiger partial charge is 0.457 e. The van der Waals surface area contributed by atoms with E-state index in [0.717, 1.165) is 18.2 Å². The lowest BCUT2D eigenvalue weighted by atomic mass is 10.1. The van der Waals surface area contributed by atoms with Gasteiger partial charge in [-0.3, -0.25) is 9.59 Å². The zero-order valence-corrected chi connectivity index (χ0v) is 17.6. The van der Waals surface area contributed by atoms with Gasteiger partial charge in [-0.1, -0.05) is 0 Å². The van der Waals surface area contributed by atoms with Crippen molar-refractivity contribution in [1.82, 2.24) is 9.97 Å². The number of aromatic nitrogens is 2. The van der Waals surface area contributed by atoms with Gasteiger partial charge in [0.1, 0.15) is 29.1 Å². The molecule has 0 aliphatic rings. The van der Waals surface area contributed by atoms with Gasteiger partial charge in [0.15, 0.2) is 5.82 Å². The van der Waals surface area contributed by atoms with E-state index < -0.39 is 35.2 Å². The third kappa shape index (κ3) is 5.57. The molecule has 1 atom stereocenters. The number of hydrogen-bond acceptors (Lipinski definition) is 7. The van der Waals surface area contributed by atoms with Gasteiger partial charge >= 0.3 is 6.18 Å². The smallest absolute Gasteiger partial charge is 0.417 e. The zero-order valence-electron chi connectivity index (χ0n) is 17.6. The fourth-order valence-electron chi connectivity index (χ4n) is 2.80. The molecule has 12 heteroatoms. The predicted molar refractivity (Wildman–Crippen MR) is 114 cm³/mol. The molecule has 0 aliphatic heterocycles. The van der Waals surface area contributed by atoms with Crippen LogP contribution in [-0.2, 0) is 11.0 Å². The number of rotatable bonds is 7. The molecule has 1 heterocycles. The highest BCUT2D eigenvalue weighted by Crippen LogP contribution is 2.34. The SMILES string of the molecule is C[C@H](Nc1cc(C(N)=O)nc(-c2ccc(Oc3ccc(C(F)(F)F)c(C#N)c3)cc2)n1)C(N)=O. The molecule has 3 rings (SSSR count). The molecule has 3 aromatic rings. The van der Waals surface area contributed by atoms with Crippen LogP contribution in [0.3, 0.4) is 0 Å². The number of amides is 2. The van der Waals surface area contributed by atoms with E-state index >= 15 is 0 Å². The van der Waals surface area contributed by atoms with Crippen molar-refractivity contribution in [2.75, 3.05) is 5.32 Å². The van der Waals surface area contributed by atoms with Crippen LogP contribution >= 0.6 is 0 Å². The molecule has 174 valence electrons. The van der Waals surface area contributed by atoms with Crippen molar-refractivity contribution in [1.29, 1.82) is 5.26 Å². The molecule has 0 unspecified atom stereocenters. The summed E-state index contributed by atoms with van der Waals surface area (Å²) in [5, 5.41) is 11.8. The highest BCUT2D eigenvalue weighted by Gasteiger charge is 2.33. The Kier molecular flexibility index (Phi) is 6.67. The van der Waals surface area contributed by atoms with E-state index in [1.807, 2.05) is 0 Å². The first-order valence-corrected chi connectivity index (χ1v) is 9.62. The minimum atomic E-state index is -4.66. The van der Waals surface area contributed by atoms with Crippen molar-refractivity contribution in [3.8, 4) is 29.0 Å². The van der Waals surface area contributed by atoms with Gasteiger partial charge < -0.3 is 21.5 Å². The molecule has 1 aromatic heterocycles. The fourth-order valence-corrected chi connectivity index (χ4v) is 2.80. The average Bonchev–Trinajstić information content (AvgIpc) is 2.78. The summed E-state index contributed by atoms with van der Waals surface area (Å²) < 4.78 is 44.4. The summed E-state index contributed by atoms with van der Waals surface area (Å²) >= 11 is 0. The summed E-state index contributed by atoms with van der Waals surface area (Å²) in [5.41, 5.74) is 9.30. The van der Waals surface area contributed by atoms with Crippen molar-refractivity contribution in [3.05, 3.63) is 65.4 Å². The topological polar surface area (TPSA) is 157 Å². The molecular weight excluding hydrogens is 453 g/mol. The van der Waals surface area contributed by atoms with Gasteiger partial charge in [-0.25, -0.2) is 9.97 Å². The minimum Gasteiger partial charge on any atom is -0.457 e. The van der Waals surface area contributed by atoms with Gasteiger partial charge in [0.05, 0.1) is 17.2 Å². The van der Waals surface area contributed by atoms with Crippen LogP contribution in [0.5, 0.6) is 11.5 Å². The fraction of sp³-hybridized carbons (Fsp3) is 0.136. The lowest BCUT2D eigenvalue weighted by Gasteiger charge is -2.13. The highest BCUT2D eigenvalue weighted by molar-refractivity contribution is 5.92. The normalized spacial score (nSPS) is 11.9. The van der Waals surface area contributed by atoms with E-state index in [2.05, 4.69) is 15.3 Å². The third-order valence-corrected chi connectivity index (χ3v) is 4.53. The van der Waals surface area contributed by atoms with Crippen LogP contribution in [0.4, 0.5) is 19.0 Å². The summed E-state index contributed by atoms with van der Waals surface area (Å²) in [7, 11) is 0. The van der Waals surface area contributed by atoms with Gasteiger partial charge in [-0.15, -0.1) is 0 Å². The molecule has 0 bridgehead atoms. The Morgan fingerprint density at radius 1 is 1.06 bits per heavy atom. The zero-order chi connectivity index (χ0) is 25.0. The van der Waals surface area contributed by atoms with Crippen LogP contribution in [0.25, 0.3) is 11.4 Å². The number of anilines is 1. The Bertz CT molecular complexity index is 1290. The van der Waals surface area contributed by atoms with Crippen molar-refractivity contribution < 1.29 is 27.5 Å². The quantitative estimate of drug-likeness (QED) is 0.478. The van der Waals surface area contributed by atoms with E-state index in [1.165, 1.54) is 31.2 Å². The number of benzene rings is 2. The van der Waals surface area contributed by atoms with Crippen molar-refractivity contribution in [3.63, 3.8) is 0 Å². The van der Waals surface area contributed by atoms with Crippen LogP contribution in [0.2, 0.25) is 0 Å². The van der Waals surface area contributed by atoms with Crippen LogP contribution in [0.1, 0.15) is 28.5 Å². The monoisotopic (exact) mass is 470 g/mol. The second-order valence-corrected chi connectivity index (χ2v) is 7.04. The van der Waals surface area contributed by atoms with Crippen LogP contribution in [-0.4, -0.2) is 27.8 Å². The number of halogens is 3. The van der Waals surface area contributed by atoms with E-state index in [9.17, 15) is 22.8 Å². The lowest BCUT2D eigenvalue weighted by molar-refractivity contribution is -0.137. The summed E-state index contributed by atoms with van der Waals surface area (Å²) in [5.74, 6) is -0.878. The standard InChI is InChI=1S/C22H17F3N6O3/c1-11(19(27)32)29-18-9-17(20(28)33)30-21(31-18)12-2-4-14(5-3-12)34-15-6-7-16(22(23,24)25)13(8-15)10-26/h2-9,11H,1H3,(H2,27,32)(H2,28,33)(H,29,30,31)/t11-/m0/s1. The number of carbonyl (C=O) groups is 2. The maximum Gasteiger partial charge on any atom is 0.417 e. The van der Waals surface area contributed by atoms with Gasteiger partial charge in [0, 0.05) is 11.6 Å². The number of primary amides is 2. The minimum absolute atomic E-state index is 0.0381. The van der Waals surface area contributed by atoms with Gasteiger partial charge in [0.25, 0.3) is 5.91 Å². The van der Waals surface area contributed by atoms with E-state index in [0.29, 0.717) is 5.56 Å². The molecule has 0 fully saturated rings. The number of nitrogens with two attached hydrogens (primary N) is 2. The van der Waals surface area contributed by atoms with Gasteiger partial charge in [-0.05, 0) is 49.4 Å². The van der Waals surface area contributed by atoms with Crippen LogP contribution in [0, 0.1) is 11.3 Å². The Morgan fingerprint density at radius 2 is 1.71 bits per heavy atom. The number of alkyl halides is 3. The van der Waals surface area contributed by atoms with Gasteiger partial charge in [-0.2, -0.15) is 18.4 Å². The van der Waals surface area contributed by atoms with Gasteiger partial charge in [0.2, 0.25) is 5.91 Å². The Labute approximate surface area is 191 Å². The van der Waals surface area contributed by atoms with Crippen molar-refractivity contribution >= 4 is 17.6 Å². The number of nitrogens with zero attached hydrogens (tertiary/aromatic N) is 3. The van der Waals surface area contributed by atoms with E-state index in [4.69, 9.17) is 21.5 Å². The summed E-state index contributed by atoms with van der Waals surface area (Å²) in [4.78, 5) is 31.3. The summed E-state index contributed by atoms with van der Waals surface area (Å²) in [6, 6.07) is 11.0. The first-order chi connectivity index (χ1) is 16.0. The number of nitrogens with one attached hydrogen (secondary N) is 1. The molecule has 0 radical (unpaired) electrons. The Hall–Kier alpha value is -4.66. The maximum atomic E-state index is 13.0. The molecule has 5 N–H and O–H groups in total. The number of carbonyl (C=O) groups excluding carboxylic acids is 2. The molecule has 0 saturated heterocycles. The van der Waals surface area contributed by atoms with Crippen LogP contribution in [0.15, 0.2) is 48.5 Å². The lowest BCUT2D eigenvalue weighted by Crippen LogP contribution is -2.33. The second-order valence-electron chi connectivity index (χ2n) is 7.04. The average molecular weight is 470 g/mol. The molecule has 34 heavy (non-hydrogen) atoms. The molecule has 0 spiro atoms. The first-order valence-electron chi connectivity index (χ1n) is 9.62. The van der Waals surface area contributed by atoms with E-state index in [1.54, 1.807) is 12.1 Å². The Morgan fingerprint density at radius 3 is 2.26 bits per heavy atom. The van der Waals surface area contributed by atoms with Crippen LogP contribution < -0.4 is 21.5 Å². The van der Waals surface area contributed by atoms with E-state index in [-0.39, 0.29) is 28.8 Å². The highest BCUT2D eigenvalue weighted by atomic mass is 19.4. The predicted octanol–water partition coefficient (Wildman–Crippen LogP) is 3.21. The number of ether oxygens (including phenoxy) is 1. The Balaban J connectivity index is 1.87. The third-order valence-electron chi connectivity index (χ3n) is 4.53. The first kappa shape index (κ1) is 24.0. The summed E-state index contributed by atoms with van der Waals surface area (Å²) in [6.07, 6.45) is -4.66. The molecule has 9 nitrogen and oxygen atoms in total. The number of nitriles is 1. The molecule has 0 aliphatic carbocycles. The molecule has 2 amide bonds. The second kappa shape index (κ2) is 9.45. The van der Waals surface area contributed by atoms with Crippen molar-refractivity contribution in [2.45, 2.75) is 19.1 Å². The number of hydrogen-bond donors (Lipinski definition) is 3. The molecular formula is C22H17F3N6O3. The van der Waals surface area contributed by atoms with Crippen molar-refractivity contribution in [2.24, 2.45) is 11.5 Å². The summed E-state index contributed by atoms with van der Waals surface area (Å²) in [6.45, 7) is 1.51. The molecule has 0 saturated carbocycles. The maximum absolute atomic E-state index is 13.0.